The minimum absolute atomic E-state index is 0.201. The van der Waals surface area contributed by atoms with Gasteiger partial charge in [-0.25, -0.2) is 0 Å². The van der Waals surface area contributed by atoms with Gasteiger partial charge < -0.3 is 8.71 Å². The van der Waals surface area contributed by atoms with Crippen molar-refractivity contribution >= 4 is 21.0 Å². The molecule has 2 aromatic heterocycles. The summed E-state index contributed by atoms with van der Waals surface area (Å²) in [7, 11) is -3.81. The van der Waals surface area contributed by atoms with E-state index in [1.807, 2.05) is 12.1 Å². The Morgan fingerprint density at radius 3 is 2.80 bits per heavy atom. The summed E-state index contributed by atoms with van der Waals surface area (Å²) in [6.45, 7) is 0. The van der Waals surface area contributed by atoms with E-state index in [0.29, 0.717) is 5.52 Å². The summed E-state index contributed by atoms with van der Waals surface area (Å²) in [5, 5.41) is 4.36. The number of benzene rings is 1. The molecule has 7 heteroatoms. The zero-order valence-electron chi connectivity index (χ0n) is 10.3. The van der Waals surface area contributed by atoms with E-state index in [1.54, 1.807) is 24.4 Å². The molecule has 0 amide bonds. The van der Waals surface area contributed by atoms with Crippen molar-refractivity contribution in [2.24, 2.45) is 0 Å². The predicted molar refractivity (Wildman–Crippen MR) is 71.5 cm³/mol. The van der Waals surface area contributed by atoms with Crippen molar-refractivity contribution in [2.45, 2.75) is 5.75 Å². The van der Waals surface area contributed by atoms with Gasteiger partial charge in [-0.15, -0.1) is 0 Å². The molecule has 1 aromatic carbocycles. The van der Waals surface area contributed by atoms with E-state index in [1.165, 1.54) is 12.3 Å². The van der Waals surface area contributed by atoms with Crippen LogP contribution >= 0.6 is 0 Å². The zero-order valence-corrected chi connectivity index (χ0v) is 11.1. The van der Waals surface area contributed by atoms with Crippen molar-refractivity contribution in [3.05, 3.63) is 54.6 Å². The van der Waals surface area contributed by atoms with Crippen molar-refractivity contribution < 1.29 is 17.1 Å². The molecule has 0 aliphatic carbocycles. The third-order valence-corrected chi connectivity index (χ3v) is 3.71. The van der Waals surface area contributed by atoms with Gasteiger partial charge in [0.25, 0.3) is 0 Å². The van der Waals surface area contributed by atoms with E-state index in [2.05, 4.69) is 14.7 Å². The van der Waals surface area contributed by atoms with Crippen LogP contribution in [0.15, 0.2) is 53.4 Å². The van der Waals surface area contributed by atoms with Crippen LogP contribution in [0.1, 0.15) is 5.69 Å². The van der Waals surface area contributed by atoms with Gasteiger partial charge in [0.1, 0.15) is 23.2 Å². The maximum Gasteiger partial charge on any atom is 0.315 e. The maximum absolute atomic E-state index is 12.0. The fourth-order valence-corrected chi connectivity index (χ4v) is 2.78. The second-order valence-electron chi connectivity index (χ2n) is 4.11. The van der Waals surface area contributed by atoms with Crippen LogP contribution < -0.4 is 4.18 Å². The number of hydrogen-bond donors (Lipinski definition) is 0. The summed E-state index contributed by atoms with van der Waals surface area (Å²) >= 11 is 0. The first-order chi connectivity index (χ1) is 9.64. The summed E-state index contributed by atoms with van der Waals surface area (Å²) in [5.74, 6) is -0.154. The van der Waals surface area contributed by atoms with Crippen LogP contribution in [0.25, 0.3) is 10.9 Å². The Labute approximate surface area is 115 Å². The normalized spacial score (nSPS) is 11.6. The average molecular weight is 290 g/mol. The molecule has 0 N–H and O–H groups in total. The predicted octanol–water partition coefficient (Wildman–Crippen LogP) is 2.13. The highest BCUT2D eigenvalue weighted by molar-refractivity contribution is 7.86. The van der Waals surface area contributed by atoms with Crippen molar-refractivity contribution in [2.75, 3.05) is 0 Å². The van der Waals surface area contributed by atoms with E-state index < -0.39 is 10.1 Å². The Morgan fingerprint density at radius 2 is 2.00 bits per heavy atom. The van der Waals surface area contributed by atoms with E-state index in [-0.39, 0.29) is 17.2 Å². The molecule has 2 heterocycles. The first-order valence-corrected chi connectivity index (χ1v) is 7.37. The number of aromatic nitrogens is 2. The maximum atomic E-state index is 12.0. The summed E-state index contributed by atoms with van der Waals surface area (Å²) in [4.78, 5) is 4.14. The van der Waals surface area contributed by atoms with Gasteiger partial charge in [-0.05, 0) is 12.1 Å². The van der Waals surface area contributed by atoms with Crippen molar-refractivity contribution in [1.82, 2.24) is 10.1 Å². The molecule has 0 saturated heterocycles. The quantitative estimate of drug-likeness (QED) is 0.685. The molecule has 0 bridgehead atoms. The molecule has 0 radical (unpaired) electrons. The van der Waals surface area contributed by atoms with Crippen LogP contribution in [-0.4, -0.2) is 18.6 Å². The molecule has 3 aromatic rings. The van der Waals surface area contributed by atoms with E-state index in [0.717, 1.165) is 5.39 Å². The molecule has 20 heavy (non-hydrogen) atoms. The molecule has 0 spiro atoms. The van der Waals surface area contributed by atoms with Gasteiger partial charge in [0, 0.05) is 17.6 Å². The number of para-hydroxylation sites is 1. The number of pyridine rings is 1. The molecule has 0 unspecified atom stereocenters. The van der Waals surface area contributed by atoms with Gasteiger partial charge in [-0.3, -0.25) is 4.98 Å². The molecule has 0 fully saturated rings. The van der Waals surface area contributed by atoms with Gasteiger partial charge >= 0.3 is 10.1 Å². The Hall–Kier alpha value is -2.41. The van der Waals surface area contributed by atoms with Crippen molar-refractivity contribution in [3.63, 3.8) is 0 Å². The van der Waals surface area contributed by atoms with E-state index in [4.69, 9.17) is 4.18 Å². The zero-order chi connectivity index (χ0) is 14.0. The van der Waals surface area contributed by atoms with E-state index >= 15 is 0 Å². The Kier molecular flexibility index (Phi) is 3.11. The Bertz CT molecular complexity index is 823. The molecule has 0 aliphatic heterocycles. The Morgan fingerprint density at radius 1 is 1.15 bits per heavy atom. The second-order valence-corrected chi connectivity index (χ2v) is 5.68. The van der Waals surface area contributed by atoms with Gasteiger partial charge in [0.2, 0.25) is 0 Å². The van der Waals surface area contributed by atoms with Gasteiger partial charge in [-0.2, -0.15) is 8.42 Å². The largest absolute Gasteiger partial charge is 0.380 e. The van der Waals surface area contributed by atoms with Gasteiger partial charge in [0.15, 0.2) is 5.75 Å². The second kappa shape index (κ2) is 4.93. The third kappa shape index (κ3) is 2.62. The van der Waals surface area contributed by atoms with Crippen LogP contribution in [0, 0.1) is 0 Å². The van der Waals surface area contributed by atoms with E-state index in [9.17, 15) is 8.42 Å². The number of fused-ring (bicyclic) bond motifs is 1. The minimum atomic E-state index is -3.81. The third-order valence-electron chi connectivity index (χ3n) is 2.63. The lowest BCUT2D eigenvalue weighted by Gasteiger charge is -2.07. The van der Waals surface area contributed by atoms with Crippen LogP contribution in [-0.2, 0) is 15.9 Å². The molecule has 0 saturated carbocycles. The van der Waals surface area contributed by atoms with Crippen LogP contribution in [0.4, 0.5) is 0 Å². The topological polar surface area (TPSA) is 82.3 Å². The standard InChI is InChI=1S/C13H10N2O4S/c16-20(17,9-11-6-8-18-15-11)19-12-5-1-3-10-4-2-7-14-13(10)12/h1-8H,9H2. The summed E-state index contributed by atoms with van der Waals surface area (Å²) in [6, 6.07) is 10.2. The molecular formula is C13H10N2O4S. The number of rotatable bonds is 4. The fraction of sp³-hybridized carbons (Fsp3) is 0.0769. The molecule has 0 atom stereocenters. The summed E-state index contributed by atoms with van der Waals surface area (Å²) < 4.78 is 33.7. The lowest BCUT2D eigenvalue weighted by Crippen LogP contribution is -2.12. The van der Waals surface area contributed by atoms with Crippen molar-refractivity contribution in [1.29, 1.82) is 0 Å². The first-order valence-electron chi connectivity index (χ1n) is 5.79. The Balaban J connectivity index is 1.93. The number of nitrogens with zero attached hydrogens (tertiary/aromatic N) is 2. The highest BCUT2D eigenvalue weighted by Crippen LogP contribution is 2.25. The smallest absolute Gasteiger partial charge is 0.315 e. The lowest BCUT2D eigenvalue weighted by atomic mass is 10.2. The van der Waals surface area contributed by atoms with Crippen LogP contribution in [0.5, 0.6) is 5.75 Å². The minimum Gasteiger partial charge on any atom is -0.380 e. The van der Waals surface area contributed by atoms with Crippen molar-refractivity contribution in [3.8, 4) is 5.75 Å². The van der Waals surface area contributed by atoms with Crippen LogP contribution in [0.3, 0.4) is 0 Å². The first kappa shape index (κ1) is 12.6. The number of hydrogen-bond acceptors (Lipinski definition) is 6. The molecule has 0 aliphatic rings. The average Bonchev–Trinajstić information content (AvgIpc) is 2.91. The highest BCUT2D eigenvalue weighted by atomic mass is 32.2. The summed E-state index contributed by atoms with van der Waals surface area (Å²) in [5.41, 5.74) is 0.789. The monoisotopic (exact) mass is 290 g/mol. The molecule has 6 nitrogen and oxygen atoms in total. The summed E-state index contributed by atoms with van der Waals surface area (Å²) in [6.07, 6.45) is 2.89. The SMILES string of the molecule is O=S(=O)(Cc1ccon1)Oc1cccc2cccnc12. The molecule has 3 rings (SSSR count). The van der Waals surface area contributed by atoms with Gasteiger partial charge in [0.05, 0.1) is 0 Å². The highest BCUT2D eigenvalue weighted by Gasteiger charge is 2.17. The molecule has 102 valence electrons. The van der Waals surface area contributed by atoms with Gasteiger partial charge in [-0.1, -0.05) is 23.4 Å². The molecular weight excluding hydrogens is 280 g/mol. The lowest BCUT2D eigenvalue weighted by molar-refractivity contribution is 0.412. The van der Waals surface area contributed by atoms with Crippen LogP contribution in [0.2, 0.25) is 0 Å². The fourth-order valence-electron chi connectivity index (χ4n) is 1.80.